The summed E-state index contributed by atoms with van der Waals surface area (Å²) >= 11 is 0. The summed E-state index contributed by atoms with van der Waals surface area (Å²) in [5, 5.41) is 10.2. The topological polar surface area (TPSA) is 103 Å². The highest BCUT2D eigenvalue weighted by atomic mass is 16.5. The number of nitrogens with two attached hydrogens (primary N) is 1. The predicted octanol–water partition coefficient (Wildman–Crippen LogP) is 3.85. The van der Waals surface area contributed by atoms with E-state index < -0.39 is 0 Å². The highest BCUT2D eigenvalue weighted by Gasteiger charge is 2.27. The fraction of sp³-hybridized carbons (Fsp3) is 0.355. The first-order valence-electron chi connectivity index (χ1n) is 13.6. The Bertz CT molecular complexity index is 1210. The Morgan fingerprint density at radius 3 is 2.41 bits per heavy atom. The molecular formula is C31H39N5O3. The quantitative estimate of drug-likeness (QED) is 0.0866. The third kappa shape index (κ3) is 8.13. The van der Waals surface area contributed by atoms with Crippen LogP contribution in [0, 0.1) is 0 Å². The van der Waals surface area contributed by atoms with Gasteiger partial charge in [0.2, 0.25) is 0 Å². The Labute approximate surface area is 231 Å². The summed E-state index contributed by atoms with van der Waals surface area (Å²) in [6, 6.07) is 26.4. The monoisotopic (exact) mass is 529 g/mol. The van der Waals surface area contributed by atoms with E-state index in [-0.39, 0.29) is 17.8 Å². The van der Waals surface area contributed by atoms with Crippen molar-refractivity contribution in [3.05, 3.63) is 101 Å². The predicted molar refractivity (Wildman–Crippen MR) is 154 cm³/mol. The number of esters is 1. The zero-order valence-electron chi connectivity index (χ0n) is 22.6. The van der Waals surface area contributed by atoms with Crippen LogP contribution in [0.15, 0.2) is 83.9 Å². The number of hydrogen-bond acceptors (Lipinski definition) is 7. The van der Waals surface area contributed by atoms with Crippen molar-refractivity contribution >= 4 is 11.8 Å². The van der Waals surface area contributed by atoms with Gasteiger partial charge in [-0.05, 0) is 42.2 Å². The lowest BCUT2D eigenvalue weighted by Gasteiger charge is -2.40. The van der Waals surface area contributed by atoms with Crippen LogP contribution in [-0.4, -0.2) is 66.0 Å². The number of aliphatic imine (C=N–C) groups is 1. The number of phenols is 1. The average Bonchev–Trinajstić information content (AvgIpc) is 2.95. The number of carbonyl (C=O) groups excluding carboxylic acids is 1. The van der Waals surface area contributed by atoms with E-state index in [4.69, 9.17) is 10.6 Å². The van der Waals surface area contributed by atoms with Crippen LogP contribution in [0.3, 0.4) is 0 Å². The second-order valence-electron chi connectivity index (χ2n) is 9.70. The van der Waals surface area contributed by atoms with Gasteiger partial charge in [0.1, 0.15) is 11.6 Å². The number of amidine groups is 1. The number of ether oxygens (including phenoxy) is 1. The van der Waals surface area contributed by atoms with E-state index in [1.165, 1.54) is 5.56 Å². The zero-order valence-corrected chi connectivity index (χ0v) is 22.6. The molecule has 1 fully saturated rings. The van der Waals surface area contributed by atoms with Crippen molar-refractivity contribution in [1.29, 1.82) is 0 Å². The molecule has 0 radical (unpaired) electrons. The molecule has 206 valence electrons. The van der Waals surface area contributed by atoms with Gasteiger partial charge in [0.05, 0.1) is 12.6 Å². The van der Waals surface area contributed by atoms with Gasteiger partial charge in [-0.25, -0.2) is 5.84 Å². The van der Waals surface area contributed by atoms with E-state index in [0.717, 1.165) is 49.4 Å². The van der Waals surface area contributed by atoms with Crippen LogP contribution in [-0.2, 0) is 16.1 Å². The minimum absolute atomic E-state index is 0.0147. The SMILES string of the molecule is CCOC(=O)CCCN=C(NN)c1ccc(C(c2cccc(O)c2)N2CCN(Cc3ccccc3)CC2)cc1. The first kappa shape index (κ1) is 28.3. The van der Waals surface area contributed by atoms with Gasteiger partial charge in [0.25, 0.3) is 0 Å². The molecule has 3 aromatic rings. The number of nitrogens with one attached hydrogen (secondary N) is 1. The molecule has 0 aliphatic carbocycles. The Morgan fingerprint density at radius 2 is 1.74 bits per heavy atom. The van der Waals surface area contributed by atoms with Crippen LogP contribution < -0.4 is 11.3 Å². The van der Waals surface area contributed by atoms with Crippen LogP contribution >= 0.6 is 0 Å². The Balaban J connectivity index is 1.46. The summed E-state index contributed by atoms with van der Waals surface area (Å²) < 4.78 is 4.97. The van der Waals surface area contributed by atoms with Gasteiger partial charge in [0.15, 0.2) is 0 Å². The van der Waals surface area contributed by atoms with Gasteiger partial charge in [-0.2, -0.15) is 0 Å². The van der Waals surface area contributed by atoms with Crippen molar-refractivity contribution in [2.24, 2.45) is 10.8 Å². The van der Waals surface area contributed by atoms with Crippen molar-refractivity contribution in [2.75, 3.05) is 39.3 Å². The number of carbonyl (C=O) groups is 1. The summed E-state index contributed by atoms with van der Waals surface area (Å²) in [6.45, 7) is 7.40. The molecule has 1 atom stereocenters. The molecule has 4 rings (SSSR count). The largest absolute Gasteiger partial charge is 0.508 e. The van der Waals surface area contributed by atoms with Gasteiger partial charge in [-0.3, -0.25) is 19.6 Å². The number of hydrogen-bond donors (Lipinski definition) is 3. The standard InChI is InChI=1S/C31H39N5O3/c1-2-39-29(38)12-7-17-33-31(34-32)26-15-13-25(14-16-26)30(27-10-6-11-28(37)22-27)36-20-18-35(19-21-36)23-24-8-4-3-5-9-24/h3-6,8-11,13-16,22,30,37H,2,7,12,17-21,23,32H2,1H3,(H,33,34). The van der Waals surface area contributed by atoms with Crippen LogP contribution in [0.4, 0.5) is 0 Å². The summed E-state index contributed by atoms with van der Waals surface area (Å²) in [4.78, 5) is 21.1. The molecular weight excluding hydrogens is 490 g/mol. The smallest absolute Gasteiger partial charge is 0.305 e. The molecule has 1 heterocycles. The fourth-order valence-corrected chi connectivity index (χ4v) is 5.02. The highest BCUT2D eigenvalue weighted by molar-refractivity contribution is 5.98. The number of rotatable bonds is 11. The second kappa shape index (κ2) is 14.4. The molecule has 8 heteroatoms. The van der Waals surface area contributed by atoms with E-state index in [1.807, 2.05) is 24.3 Å². The first-order valence-corrected chi connectivity index (χ1v) is 13.6. The Kier molecular flexibility index (Phi) is 10.5. The maximum absolute atomic E-state index is 11.6. The number of hydrazine groups is 1. The molecule has 8 nitrogen and oxygen atoms in total. The van der Waals surface area contributed by atoms with E-state index in [9.17, 15) is 9.90 Å². The van der Waals surface area contributed by atoms with Gasteiger partial charge in [0, 0.05) is 51.3 Å². The molecule has 0 spiro atoms. The molecule has 0 amide bonds. The molecule has 0 bridgehead atoms. The molecule has 1 aliphatic rings. The van der Waals surface area contributed by atoms with Crippen LogP contribution in [0.25, 0.3) is 0 Å². The summed E-state index contributed by atoms with van der Waals surface area (Å²) in [5.41, 5.74) is 7.10. The van der Waals surface area contributed by atoms with E-state index in [1.54, 1.807) is 13.0 Å². The third-order valence-corrected chi connectivity index (χ3v) is 6.96. The fourth-order valence-electron chi connectivity index (χ4n) is 5.02. The summed E-state index contributed by atoms with van der Waals surface area (Å²) in [6.07, 6.45) is 0.927. The van der Waals surface area contributed by atoms with Crippen molar-refractivity contribution in [1.82, 2.24) is 15.2 Å². The summed E-state index contributed by atoms with van der Waals surface area (Å²) in [5.74, 6) is 6.40. The molecule has 1 aliphatic heterocycles. The lowest BCUT2D eigenvalue weighted by molar-refractivity contribution is -0.143. The number of aromatic hydroxyl groups is 1. The Hall–Kier alpha value is -3.72. The van der Waals surface area contributed by atoms with Gasteiger partial charge < -0.3 is 15.3 Å². The van der Waals surface area contributed by atoms with Crippen LogP contribution in [0.2, 0.25) is 0 Å². The number of nitrogens with zero attached hydrogens (tertiary/aromatic N) is 3. The number of phenolic OH excluding ortho intramolecular Hbond substituents is 1. The highest BCUT2D eigenvalue weighted by Crippen LogP contribution is 2.32. The molecule has 4 N–H and O–H groups in total. The lowest BCUT2D eigenvalue weighted by atomic mass is 9.95. The minimum atomic E-state index is -0.210. The zero-order chi connectivity index (χ0) is 27.5. The maximum atomic E-state index is 11.6. The molecule has 1 saturated heterocycles. The van der Waals surface area contributed by atoms with E-state index >= 15 is 0 Å². The number of piperazine rings is 1. The van der Waals surface area contributed by atoms with E-state index in [0.29, 0.717) is 31.8 Å². The van der Waals surface area contributed by atoms with Gasteiger partial charge in [-0.15, -0.1) is 0 Å². The van der Waals surface area contributed by atoms with Crippen molar-refractivity contribution < 1.29 is 14.6 Å². The Morgan fingerprint density at radius 1 is 1.00 bits per heavy atom. The third-order valence-electron chi connectivity index (χ3n) is 6.96. The maximum Gasteiger partial charge on any atom is 0.305 e. The first-order chi connectivity index (χ1) is 19.1. The van der Waals surface area contributed by atoms with Crippen LogP contribution in [0.5, 0.6) is 5.75 Å². The van der Waals surface area contributed by atoms with Gasteiger partial charge in [-0.1, -0.05) is 66.7 Å². The lowest BCUT2D eigenvalue weighted by Crippen LogP contribution is -2.47. The second-order valence-corrected chi connectivity index (χ2v) is 9.70. The van der Waals surface area contributed by atoms with E-state index in [2.05, 4.69) is 68.7 Å². The molecule has 39 heavy (non-hydrogen) atoms. The molecule has 0 saturated carbocycles. The number of benzene rings is 3. The van der Waals surface area contributed by atoms with Gasteiger partial charge >= 0.3 is 5.97 Å². The average molecular weight is 530 g/mol. The van der Waals surface area contributed by atoms with Crippen molar-refractivity contribution in [3.63, 3.8) is 0 Å². The summed E-state index contributed by atoms with van der Waals surface area (Å²) in [7, 11) is 0. The normalized spacial score (nSPS) is 15.6. The minimum Gasteiger partial charge on any atom is -0.508 e. The van der Waals surface area contributed by atoms with Crippen molar-refractivity contribution in [2.45, 2.75) is 32.4 Å². The molecule has 3 aromatic carbocycles. The molecule has 1 unspecified atom stereocenters. The van der Waals surface area contributed by atoms with Crippen LogP contribution in [0.1, 0.15) is 48.1 Å². The van der Waals surface area contributed by atoms with Crippen molar-refractivity contribution in [3.8, 4) is 5.75 Å². The molecule has 0 aromatic heterocycles.